The van der Waals surface area contributed by atoms with E-state index in [0.29, 0.717) is 24.9 Å². The summed E-state index contributed by atoms with van der Waals surface area (Å²) in [6.45, 7) is 1.23. The third kappa shape index (κ3) is 2.08. The van der Waals surface area contributed by atoms with E-state index < -0.39 is 0 Å². The van der Waals surface area contributed by atoms with Crippen molar-refractivity contribution in [1.82, 2.24) is 9.97 Å². The van der Waals surface area contributed by atoms with Gasteiger partial charge in [0.1, 0.15) is 5.82 Å². The van der Waals surface area contributed by atoms with Crippen LogP contribution >= 0.6 is 27.3 Å². The first-order valence-electron chi connectivity index (χ1n) is 5.23. The molecular weight excluding hydrogens is 302 g/mol. The topological polar surface area (TPSA) is 61.0 Å². The van der Waals surface area contributed by atoms with Gasteiger partial charge in [-0.3, -0.25) is 0 Å². The molecule has 3 heterocycles. The van der Waals surface area contributed by atoms with Crippen molar-refractivity contribution in [3.63, 3.8) is 0 Å². The van der Waals surface area contributed by atoms with Gasteiger partial charge in [0.2, 0.25) is 0 Å². The molecule has 4 nitrogen and oxygen atoms in total. The molecule has 2 aromatic heterocycles. The molecule has 0 unspecified atom stereocenters. The van der Waals surface area contributed by atoms with Crippen LogP contribution in [0.5, 0.6) is 0 Å². The van der Waals surface area contributed by atoms with Gasteiger partial charge in [0.15, 0.2) is 5.82 Å². The average molecular weight is 312 g/mol. The summed E-state index contributed by atoms with van der Waals surface area (Å²) in [6.07, 6.45) is 0.807. The fourth-order valence-electron chi connectivity index (χ4n) is 1.80. The van der Waals surface area contributed by atoms with Gasteiger partial charge in [-0.05, 0) is 28.1 Å². The van der Waals surface area contributed by atoms with E-state index in [2.05, 4.69) is 25.9 Å². The lowest BCUT2D eigenvalue weighted by Gasteiger charge is -2.17. The molecule has 0 spiro atoms. The summed E-state index contributed by atoms with van der Waals surface area (Å²) in [5, 5.41) is 0. The van der Waals surface area contributed by atoms with Gasteiger partial charge in [-0.15, -0.1) is 11.3 Å². The molecule has 0 bridgehead atoms. The summed E-state index contributed by atoms with van der Waals surface area (Å²) in [5.74, 6) is 1.24. The molecule has 0 fully saturated rings. The number of rotatable bonds is 1. The smallest absolute Gasteiger partial charge is 0.171 e. The Bertz CT molecular complexity index is 570. The van der Waals surface area contributed by atoms with Crippen molar-refractivity contribution in [1.29, 1.82) is 0 Å². The molecule has 0 saturated heterocycles. The maximum Gasteiger partial charge on any atom is 0.171 e. The summed E-state index contributed by atoms with van der Waals surface area (Å²) >= 11 is 5.04. The molecule has 0 amide bonds. The minimum absolute atomic E-state index is 0.523. The van der Waals surface area contributed by atoms with Gasteiger partial charge in [-0.2, -0.15) is 0 Å². The molecule has 0 saturated carbocycles. The molecule has 0 aromatic carbocycles. The molecule has 0 radical (unpaired) electrons. The monoisotopic (exact) mass is 311 g/mol. The first kappa shape index (κ1) is 11.1. The minimum atomic E-state index is 0.523. The van der Waals surface area contributed by atoms with Crippen LogP contribution in [0.15, 0.2) is 15.9 Å². The lowest BCUT2D eigenvalue weighted by molar-refractivity contribution is 0.109. The van der Waals surface area contributed by atoms with E-state index in [9.17, 15) is 0 Å². The normalized spacial score (nSPS) is 14.6. The fraction of sp³-hybridized carbons (Fsp3) is 0.273. The quantitative estimate of drug-likeness (QED) is 0.879. The number of nitrogens with zero attached hydrogens (tertiary/aromatic N) is 2. The summed E-state index contributed by atoms with van der Waals surface area (Å²) in [5.41, 5.74) is 7.91. The lowest BCUT2D eigenvalue weighted by Crippen LogP contribution is -2.15. The highest BCUT2D eigenvalue weighted by atomic mass is 79.9. The van der Waals surface area contributed by atoms with Crippen LogP contribution in [0.1, 0.15) is 11.3 Å². The maximum absolute atomic E-state index is 5.95. The van der Waals surface area contributed by atoms with E-state index in [1.54, 1.807) is 11.3 Å². The Hall–Kier alpha value is -0.980. The second-order valence-corrected chi connectivity index (χ2v) is 6.23. The van der Waals surface area contributed by atoms with Crippen LogP contribution in [0, 0.1) is 0 Å². The second-order valence-electron chi connectivity index (χ2n) is 3.76. The Labute approximate surface area is 111 Å². The summed E-state index contributed by atoms with van der Waals surface area (Å²) < 4.78 is 6.43. The van der Waals surface area contributed by atoms with Crippen LogP contribution in [0.3, 0.4) is 0 Å². The first-order chi connectivity index (χ1) is 8.24. The maximum atomic E-state index is 5.95. The number of anilines is 1. The van der Waals surface area contributed by atoms with Gasteiger partial charge in [-0.25, -0.2) is 9.97 Å². The number of fused-ring (bicyclic) bond motifs is 1. The molecule has 2 N–H and O–H groups in total. The molecule has 3 rings (SSSR count). The fourth-order valence-corrected chi connectivity index (χ4v) is 3.12. The zero-order chi connectivity index (χ0) is 11.8. The van der Waals surface area contributed by atoms with E-state index in [-0.39, 0.29) is 0 Å². The van der Waals surface area contributed by atoms with Gasteiger partial charge >= 0.3 is 0 Å². The summed E-state index contributed by atoms with van der Waals surface area (Å²) in [4.78, 5) is 9.95. The molecule has 2 aromatic rings. The number of hydrogen-bond acceptors (Lipinski definition) is 5. The van der Waals surface area contributed by atoms with Gasteiger partial charge in [0, 0.05) is 12.0 Å². The summed E-state index contributed by atoms with van der Waals surface area (Å²) in [6, 6.07) is 3.98. The van der Waals surface area contributed by atoms with Crippen LogP contribution in [0.25, 0.3) is 10.7 Å². The van der Waals surface area contributed by atoms with E-state index in [1.165, 1.54) is 0 Å². The largest absolute Gasteiger partial charge is 0.383 e. The average Bonchev–Trinajstić information content (AvgIpc) is 2.76. The highest BCUT2D eigenvalue weighted by Gasteiger charge is 2.17. The van der Waals surface area contributed by atoms with Crippen molar-refractivity contribution >= 4 is 33.1 Å². The molecular formula is C11H10BrN3OS. The van der Waals surface area contributed by atoms with E-state index in [4.69, 9.17) is 10.5 Å². The van der Waals surface area contributed by atoms with Crippen molar-refractivity contribution < 1.29 is 4.74 Å². The van der Waals surface area contributed by atoms with Crippen molar-refractivity contribution in [3.05, 3.63) is 27.2 Å². The van der Waals surface area contributed by atoms with Gasteiger partial charge < -0.3 is 10.5 Å². The SMILES string of the molecule is Nc1nc(-c2ccc(Br)s2)nc2c1COCC2. The number of thiophene rings is 1. The Morgan fingerprint density at radius 3 is 3.00 bits per heavy atom. The van der Waals surface area contributed by atoms with Crippen LogP contribution in [-0.4, -0.2) is 16.6 Å². The van der Waals surface area contributed by atoms with Crippen molar-refractivity contribution in [2.75, 3.05) is 12.3 Å². The van der Waals surface area contributed by atoms with Gasteiger partial charge in [-0.1, -0.05) is 0 Å². The third-order valence-electron chi connectivity index (χ3n) is 2.65. The molecule has 17 heavy (non-hydrogen) atoms. The van der Waals surface area contributed by atoms with Crippen LogP contribution in [0.2, 0.25) is 0 Å². The Balaban J connectivity index is 2.10. The Morgan fingerprint density at radius 2 is 2.24 bits per heavy atom. The second kappa shape index (κ2) is 4.36. The predicted octanol–water partition coefficient (Wildman–Crippen LogP) is 2.62. The highest BCUT2D eigenvalue weighted by molar-refractivity contribution is 9.11. The highest BCUT2D eigenvalue weighted by Crippen LogP contribution is 2.31. The summed E-state index contributed by atoms with van der Waals surface area (Å²) in [7, 11) is 0. The molecule has 1 aliphatic heterocycles. The minimum Gasteiger partial charge on any atom is -0.383 e. The molecule has 0 atom stereocenters. The molecule has 0 aliphatic carbocycles. The molecule has 6 heteroatoms. The lowest BCUT2D eigenvalue weighted by atomic mass is 10.1. The standard InChI is InChI=1S/C11H10BrN3OS/c12-9-2-1-8(17-9)11-14-7-3-4-16-5-6(7)10(13)15-11/h1-2H,3-5H2,(H2,13,14,15). The van der Waals surface area contributed by atoms with Gasteiger partial charge in [0.25, 0.3) is 0 Å². The zero-order valence-electron chi connectivity index (χ0n) is 8.94. The van der Waals surface area contributed by atoms with Crippen LogP contribution in [0.4, 0.5) is 5.82 Å². The molecule has 1 aliphatic rings. The van der Waals surface area contributed by atoms with Crippen LogP contribution in [-0.2, 0) is 17.8 Å². The number of nitrogens with two attached hydrogens (primary N) is 1. The van der Waals surface area contributed by atoms with E-state index in [1.807, 2.05) is 12.1 Å². The Morgan fingerprint density at radius 1 is 1.35 bits per heavy atom. The van der Waals surface area contributed by atoms with Gasteiger partial charge in [0.05, 0.1) is 27.6 Å². The first-order valence-corrected chi connectivity index (χ1v) is 6.83. The number of nitrogen functional groups attached to an aromatic ring is 1. The van der Waals surface area contributed by atoms with Crippen molar-refractivity contribution in [2.45, 2.75) is 13.0 Å². The van der Waals surface area contributed by atoms with E-state index >= 15 is 0 Å². The molecule has 88 valence electrons. The predicted molar refractivity (Wildman–Crippen MR) is 70.8 cm³/mol. The van der Waals surface area contributed by atoms with Crippen LogP contribution < -0.4 is 5.73 Å². The Kier molecular flexibility index (Phi) is 2.85. The number of hydrogen-bond donors (Lipinski definition) is 1. The number of ether oxygens (including phenoxy) is 1. The zero-order valence-corrected chi connectivity index (χ0v) is 11.3. The van der Waals surface area contributed by atoms with E-state index in [0.717, 1.165) is 26.3 Å². The van der Waals surface area contributed by atoms with Crippen molar-refractivity contribution in [2.24, 2.45) is 0 Å². The third-order valence-corrected chi connectivity index (χ3v) is 4.27. The van der Waals surface area contributed by atoms with Crippen molar-refractivity contribution in [3.8, 4) is 10.7 Å². The number of aromatic nitrogens is 2. The number of halogens is 1.